The van der Waals surface area contributed by atoms with Gasteiger partial charge in [-0.05, 0) is 56.2 Å². The fourth-order valence-electron chi connectivity index (χ4n) is 3.55. The number of benzene rings is 1. The number of nitrogens with one attached hydrogen (secondary N) is 3. The van der Waals surface area contributed by atoms with Gasteiger partial charge in [-0.1, -0.05) is 30.3 Å². The minimum atomic E-state index is -1.34. The van der Waals surface area contributed by atoms with Crippen molar-refractivity contribution in [3.63, 3.8) is 0 Å². The van der Waals surface area contributed by atoms with Crippen LogP contribution in [0.4, 0.5) is 0 Å². The number of carbonyl (C=O) groups excluding carboxylic acids is 3. The van der Waals surface area contributed by atoms with Crippen molar-refractivity contribution in [3.05, 3.63) is 35.9 Å². The normalized spacial score (nSPS) is 14.0. The average Bonchev–Trinajstić information content (AvgIpc) is 2.88. The van der Waals surface area contributed by atoms with Crippen LogP contribution in [0.5, 0.6) is 0 Å². The smallest absolute Gasteiger partial charge is 0.326 e. The van der Waals surface area contributed by atoms with Gasteiger partial charge in [0, 0.05) is 12.8 Å². The number of carboxylic acids is 2. The van der Waals surface area contributed by atoms with Gasteiger partial charge in [0.2, 0.25) is 17.7 Å². The largest absolute Gasteiger partial charge is 0.481 e. The third kappa shape index (κ3) is 12.9. The summed E-state index contributed by atoms with van der Waals surface area (Å²) in [5.74, 6) is -3.89. The molecule has 0 bridgehead atoms. The Bertz CT molecular complexity index is 919. The second kappa shape index (κ2) is 18.2. The summed E-state index contributed by atoms with van der Waals surface area (Å²) in [6.07, 6.45) is 2.81. The molecule has 0 saturated heterocycles. The molecular formula is C25H39N5O7S. The van der Waals surface area contributed by atoms with Crippen LogP contribution in [0.15, 0.2) is 30.3 Å². The Balaban J connectivity index is 3.08. The number of unbranched alkanes of at least 4 members (excludes halogenated alkanes) is 1. The molecule has 13 heteroatoms. The highest BCUT2D eigenvalue weighted by atomic mass is 32.2. The molecule has 0 aliphatic heterocycles. The summed E-state index contributed by atoms with van der Waals surface area (Å²) in [5, 5.41) is 26.1. The molecular weight excluding hydrogens is 514 g/mol. The van der Waals surface area contributed by atoms with Crippen molar-refractivity contribution in [2.75, 3.05) is 18.6 Å². The van der Waals surface area contributed by atoms with Crippen LogP contribution in [0.3, 0.4) is 0 Å². The third-order valence-electron chi connectivity index (χ3n) is 5.73. The predicted octanol–water partition coefficient (Wildman–Crippen LogP) is -0.158. The Morgan fingerprint density at radius 1 is 0.842 bits per heavy atom. The Hall–Kier alpha value is -3.16. The summed E-state index contributed by atoms with van der Waals surface area (Å²) >= 11 is 1.53. The third-order valence-corrected chi connectivity index (χ3v) is 6.37. The molecule has 12 nitrogen and oxygen atoms in total. The van der Waals surface area contributed by atoms with Crippen molar-refractivity contribution in [1.82, 2.24) is 16.0 Å². The fraction of sp³-hybridized carbons (Fsp3) is 0.560. The quantitative estimate of drug-likeness (QED) is 0.112. The first-order valence-corrected chi connectivity index (χ1v) is 13.8. The van der Waals surface area contributed by atoms with Crippen LogP contribution in [0.1, 0.15) is 44.1 Å². The van der Waals surface area contributed by atoms with E-state index >= 15 is 0 Å². The van der Waals surface area contributed by atoms with E-state index in [0.717, 1.165) is 5.56 Å². The lowest BCUT2D eigenvalue weighted by atomic mass is 10.0. The minimum Gasteiger partial charge on any atom is -0.481 e. The molecule has 0 aromatic heterocycles. The zero-order valence-corrected chi connectivity index (χ0v) is 22.4. The number of aliphatic carboxylic acids is 2. The molecule has 1 aromatic rings. The molecule has 0 aliphatic carbocycles. The van der Waals surface area contributed by atoms with Crippen molar-refractivity contribution in [2.24, 2.45) is 11.5 Å². The van der Waals surface area contributed by atoms with E-state index in [1.165, 1.54) is 11.8 Å². The molecule has 0 aliphatic rings. The number of nitrogens with two attached hydrogens (primary N) is 2. The van der Waals surface area contributed by atoms with Gasteiger partial charge in [-0.25, -0.2) is 4.79 Å². The van der Waals surface area contributed by atoms with Gasteiger partial charge in [0.25, 0.3) is 0 Å². The predicted molar refractivity (Wildman–Crippen MR) is 144 cm³/mol. The molecule has 0 radical (unpaired) electrons. The lowest BCUT2D eigenvalue weighted by molar-refractivity contribution is -0.143. The number of thioether (sulfide) groups is 1. The maximum absolute atomic E-state index is 13.3. The summed E-state index contributed by atoms with van der Waals surface area (Å²) in [7, 11) is 0. The first-order valence-electron chi connectivity index (χ1n) is 12.4. The van der Waals surface area contributed by atoms with Crippen molar-refractivity contribution in [3.8, 4) is 0 Å². The first-order chi connectivity index (χ1) is 18.1. The van der Waals surface area contributed by atoms with Gasteiger partial charge in [-0.15, -0.1) is 0 Å². The van der Waals surface area contributed by atoms with Gasteiger partial charge in [0.1, 0.15) is 18.1 Å². The second-order valence-electron chi connectivity index (χ2n) is 8.82. The average molecular weight is 554 g/mol. The number of hydrogen-bond acceptors (Lipinski definition) is 8. The topological polar surface area (TPSA) is 214 Å². The van der Waals surface area contributed by atoms with Gasteiger partial charge < -0.3 is 37.6 Å². The maximum Gasteiger partial charge on any atom is 0.326 e. The second-order valence-corrected chi connectivity index (χ2v) is 9.80. The van der Waals surface area contributed by atoms with Crippen LogP contribution in [0.25, 0.3) is 0 Å². The zero-order chi connectivity index (χ0) is 28.5. The lowest BCUT2D eigenvalue weighted by Crippen LogP contribution is -2.57. The monoisotopic (exact) mass is 553 g/mol. The number of carbonyl (C=O) groups is 5. The van der Waals surface area contributed by atoms with Crippen LogP contribution in [-0.4, -0.2) is 82.6 Å². The van der Waals surface area contributed by atoms with E-state index in [-0.39, 0.29) is 19.3 Å². The van der Waals surface area contributed by atoms with Gasteiger partial charge in [0.15, 0.2) is 0 Å². The van der Waals surface area contributed by atoms with Crippen LogP contribution in [-0.2, 0) is 30.4 Å². The molecule has 9 N–H and O–H groups in total. The number of amides is 3. The van der Waals surface area contributed by atoms with Crippen molar-refractivity contribution in [1.29, 1.82) is 0 Å². The van der Waals surface area contributed by atoms with Crippen LogP contribution in [0.2, 0.25) is 0 Å². The van der Waals surface area contributed by atoms with Gasteiger partial charge in [-0.3, -0.25) is 19.2 Å². The van der Waals surface area contributed by atoms with E-state index < -0.39 is 60.2 Å². The zero-order valence-electron chi connectivity index (χ0n) is 21.6. The van der Waals surface area contributed by atoms with E-state index in [0.29, 0.717) is 31.6 Å². The molecule has 3 amide bonds. The molecule has 4 unspecified atom stereocenters. The molecule has 0 saturated carbocycles. The number of carboxylic acid groups (broad SMARTS) is 2. The van der Waals surface area contributed by atoms with Crippen molar-refractivity contribution >= 4 is 41.4 Å². The van der Waals surface area contributed by atoms with E-state index in [1.807, 2.05) is 6.26 Å². The van der Waals surface area contributed by atoms with Crippen LogP contribution < -0.4 is 27.4 Å². The van der Waals surface area contributed by atoms with Crippen molar-refractivity contribution in [2.45, 2.75) is 69.1 Å². The van der Waals surface area contributed by atoms with E-state index in [1.54, 1.807) is 30.3 Å². The van der Waals surface area contributed by atoms with Crippen molar-refractivity contribution < 1.29 is 34.2 Å². The number of rotatable bonds is 19. The molecule has 0 spiro atoms. The Morgan fingerprint density at radius 2 is 1.45 bits per heavy atom. The Labute approximate surface area is 226 Å². The molecule has 212 valence electrons. The summed E-state index contributed by atoms with van der Waals surface area (Å²) in [6, 6.07) is 4.37. The van der Waals surface area contributed by atoms with Gasteiger partial charge >= 0.3 is 11.9 Å². The van der Waals surface area contributed by atoms with E-state index in [4.69, 9.17) is 16.6 Å². The lowest BCUT2D eigenvalue weighted by Gasteiger charge is -2.25. The molecule has 0 fully saturated rings. The van der Waals surface area contributed by atoms with E-state index in [2.05, 4.69) is 16.0 Å². The maximum atomic E-state index is 13.3. The molecule has 38 heavy (non-hydrogen) atoms. The summed E-state index contributed by atoms with van der Waals surface area (Å²) < 4.78 is 0. The molecule has 1 rings (SSSR count). The highest BCUT2D eigenvalue weighted by molar-refractivity contribution is 7.98. The number of hydrogen-bond donors (Lipinski definition) is 7. The Kier molecular flexibility index (Phi) is 15.7. The summed E-state index contributed by atoms with van der Waals surface area (Å²) in [4.78, 5) is 61.7. The van der Waals surface area contributed by atoms with Gasteiger partial charge in [-0.2, -0.15) is 11.8 Å². The molecule has 4 atom stereocenters. The summed E-state index contributed by atoms with van der Waals surface area (Å²) in [6.45, 7) is 0.368. The first kappa shape index (κ1) is 32.9. The minimum absolute atomic E-state index is 0.0950. The highest BCUT2D eigenvalue weighted by Gasteiger charge is 2.30. The molecule has 0 heterocycles. The Morgan fingerprint density at radius 3 is 2.03 bits per heavy atom. The molecule has 1 aromatic carbocycles. The van der Waals surface area contributed by atoms with Gasteiger partial charge in [0.05, 0.1) is 6.04 Å². The highest BCUT2D eigenvalue weighted by Crippen LogP contribution is 2.08. The van der Waals surface area contributed by atoms with Crippen LogP contribution in [0, 0.1) is 0 Å². The van der Waals surface area contributed by atoms with Crippen LogP contribution >= 0.6 is 11.8 Å². The fourth-order valence-corrected chi connectivity index (χ4v) is 4.03. The van der Waals surface area contributed by atoms with E-state index in [9.17, 15) is 29.1 Å². The SMILES string of the molecule is CSCCC(N)C(=O)NC(Cc1ccccc1)C(=O)NC(CCC(=O)O)C(=O)NC(CCCCN)C(=O)O. The standard InChI is InChI=1S/C25H39N5O7S/c1-38-14-12-17(27)22(33)30-20(15-16-7-3-2-4-8-16)24(35)28-18(10-11-21(31)32)23(34)29-19(25(36)37)9-5-6-13-26/h2-4,7-8,17-20H,5-6,9-15,26-27H2,1H3,(H,28,35)(H,29,34)(H,30,33)(H,31,32)(H,36,37). The summed E-state index contributed by atoms with van der Waals surface area (Å²) in [5.41, 5.74) is 12.1.